The Hall–Kier alpha value is -1.73. The molecule has 0 aliphatic carbocycles. The Morgan fingerprint density at radius 2 is 2.05 bits per heavy atom. The maximum absolute atomic E-state index is 5.56. The molecule has 1 unspecified atom stereocenters. The first kappa shape index (κ1) is 15.7. The van der Waals surface area contributed by atoms with E-state index >= 15 is 0 Å². The number of nitrogens with two attached hydrogens (primary N) is 1. The Morgan fingerprint density at radius 3 is 2.67 bits per heavy atom. The van der Waals surface area contributed by atoms with Crippen LogP contribution in [-0.2, 0) is 13.6 Å². The summed E-state index contributed by atoms with van der Waals surface area (Å²) in [5, 5.41) is 5.04. The van der Waals surface area contributed by atoms with Crippen molar-refractivity contribution in [2.45, 2.75) is 39.8 Å². The van der Waals surface area contributed by atoms with Crippen molar-refractivity contribution in [3.05, 3.63) is 12.0 Å². The maximum Gasteiger partial charge on any atom is 0.163 e. The molecule has 0 aromatic carbocycles. The standard InChI is InChI=1S/C14H25N7/c1-9(2)6-10(3)20(4)8-12-17-13(19-15)11-7-16-21(5)14(11)18-12/h7,9-10H,6,8,15H2,1-5H3,(H,17,18,19). The van der Waals surface area contributed by atoms with Gasteiger partial charge in [0.2, 0.25) is 0 Å². The van der Waals surface area contributed by atoms with Crippen molar-refractivity contribution >= 4 is 16.9 Å². The predicted molar refractivity (Wildman–Crippen MR) is 84.5 cm³/mol. The molecule has 0 radical (unpaired) electrons. The first-order valence-corrected chi connectivity index (χ1v) is 7.27. The zero-order valence-corrected chi connectivity index (χ0v) is 13.5. The van der Waals surface area contributed by atoms with E-state index in [4.69, 9.17) is 5.84 Å². The number of aryl methyl sites for hydroxylation is 1. The number of hydrazine groups is 1. The van der Waals surface area contributed by atoms with Crippen LogP contribution < -0.4 is 11.3 Å². The first-order valence-electron chi connectivity index (χ1n) is 7.27. The van der Waals surface area contributed by atoms with E-state index in [1.54, 1.807) is 10.9 Å². The van der Waals surface area contributed by atoms with E-state index in [1.165, 1.54) is 0 Å². The van der Waals surface area contributed by atoms with Gasteiger partial charge < -0.3 is 5.43 Å². The van der Waals surface area contributed by atoms with Crippen molar-refractivity contribution in [3.63, 3.8) is 0 Å². The molecule has 21 heavy (non-hydrogen) atoms. The summed E-state index contributed by atoms with van der Waals surface area (Å²) < 4.78 is 1.74. The molecule has 1 atom stereocenters. The van der Waals surface area contributed by atoms with Gasteiger partial charge in [-0.25, -0.2) is 15.8 Å². The molecule has 2 aromatic rings. The second-order valence-electron chi connectivity index (χ2n) is 6.03. The van der Waals surface area contributed by atoms with E-state index in [-0.39, 0.29) is 0 Å². The third-order valence-corrected chi connectivity index (χ3v) is 3.73. The zero-order chi connectivity index (χ0) is 15.6. The number of nitrogens with one attached hydrogen (secondary N) is 1. The minimum absolute atomic E-state index is 0.477. The van der Waals surface area contributed by atoms with E-state index in [0.717, 1.165) is 23.3 Å². The third-order valence-electron chi connectivity index (χ3n) is 3.73. The molecule has 0 saturated carbocycles. The van der Waals surface area contributed by atoms with E-state index < -0.39 is 0 Å². The van der Waals surface area contributed by atoms with Gasteiger partial charge >= 0.3 is 0 Å². The molecule has 2 heterocycles. The van der Waals surface area contributed by atoms with Crippen molar-refractivity contribution in [2.75, 3.05) is 12.5 Å². The Balaban J connectivity index is 2.24. The minimum atomic E-state index is 0.477. The Labute approximate surface area is 125 Å². The summed E-state index contributed by atoms with van der Waals surface area (Å²) in [7, 11) is 3.96. The van der Waals surface area contributed by atoms with Crippen LogP contribution in [0.25, 0.3) is 11.0 Å². The van der Waals surface area contributed by atoms with Crippen LogP contribution in [0.5, 0.6) is 0 Å². The molecule has 116 valence electrons. The minimum Gasteiger partial charge on any atom is -0.308 e. The summed E-state index contributed by atoms with van der Waals surface area (Å²) in [6.45, 7) is 7.38. The molecule has 3 N–H and O–H groups in total. The molecule has 0 aliphatic rings. The van der Waals surface area contributed by atoms with Gasteiger partial charge in [0.05, 0.1) is 18.1 Å². The monoisotopic (exact) mass is 291 g/mol. The van der Waals surface area contributed by atoms with E-state index in [9.17, 15) is 0 Å². The van der Waals surface area contributed by atoms with Crippen LogP contribution in [0.2, 0.25) is 0 Å². The molecule has 0 amide bonds. The lowest BCUT2D eigenvalue weighted by molar-refractivity contribution is 0.216. The largest absolute Gasteiger partial charge is 0.308 e. The average molecular weight is 291 g/mol. The molecule has 7 heteroatoms. The van der Waals surface area contributed by atoms with Crippen LogP contribution in [0.3, 0.4) is 0 Å². The van der Waals surface area contributed by atoms with Gasteiger partial charge in [0.1, 0.15) is 5.82 Å². The van der Waals surface area contributed by atoms with Gasteiger partial charge in [0.15, 0.2) is 11.5 Å². The Morgan fingerprint density at radius 1 is 1.33 bits per heavy atom. The molecule has 7 nitrogen and oxygen atoms in total. The lowest BCUT2D eigenvalue weighted by Gasteiger charge is -2.25. The van der Waals surface area contributed by atoms with Gasteiger partial charge in [0.25, 0.3) is 0 Å². The van der Waals surface area contributed by atoms with Crippen LogP contribution >= 0.6 is 0 Å². The van der Waals surface area contributed by atoms with Gasteiger partial charge in [-0.3, -0.25) is 9.58 Å². The summed E-state index contributed by atoms with van der Waals surface area (Å²) in [5.74, 6) is 7.60. The molecule has 0 bridgehead atoms. The molecule has 0 saturated heterocycles. The van der Waals surface area contributed by atoms with Crippen LogP contribution in [0, 0.1) is 5.92 Å². The van der Waals surface area contributed by atoms with Gasteiger partial charge in [-0.15, -0.1) is 0 Å². The van der Waals surface area contributed by atoms with Crippen LogP contribution in [0.4, 0.5) is 5.82 Å². The second kappa shape index (κ2) is 6.36. The lowest BCUT2D eigenvalue weighted by atomic mass is 10.0. The molecular formula is C14H25N7. The van der Waals surface area contributed by atoms with Crippen LogP contribution in [-0.4, -0.2) is 37.7 Å². The summed E-state index contributed by atoms with van der Waals surface area (Å²) in [6.07, 6.45) is 2.87. The van der Waals surface area contributed by atoms with Crippen molar-refractivity contribution in [3.8, 4) is 0 Å². The second-order valence-corrected chi connectivity index (χ2v) is 6.03. The first-order chi connectivity index (χ1) is 9.92. The summed E-state index contributed by atoms with van der Waals surface area (Å²) >= 11 is 0. The number of rotatable bonds is 6. The quantitative estimate of drug-likeness (QED) is 0.620. The third kappa shape index (κ3) is 3.48. The Bertz CT molecular complexity index is 605. The van der Waals surface area contributed by atoms with Gasteiger partial charge in [-0.1, -0.05) is 13.8 Å². The number of fused-ring (bicyclic) bond motifs is 1. The number of hydrogen-bond acceptors (Lipinski definition) is 6. The summed E-state index contributed by atoms with van der Waals surface area (Å²) in [6, 6.07) is 0.477. The fourth-order valence-corrected chi connectivity index (χ4v) is 2.49. The molecule has 0 aliphatic heterocycles. The highest BCUT2D eigenvalue weighted by molar-refractivity contribution is 5.86. The van der Waals surface area contributed by atoms with Gasteiger partial charge in [-0.05, 0) is 26.3 Å². The van der Waals surface area contributed by atoms with Gasteiger partial charge in [-0.2, -0.15) is 5.10 Å². The number of aromatic nitrogens is 4. The maximum atomic E-state index is 5.56. The zero-order valence-electron chi connectivity index (χ0n) is 13.5. The highest BCUT2D eigenvalue weighted by atomic mass is 15.3. The molecule has 0 fully saturated rings. The SMILES string of the molecule is CC(C)CC(C)N(C)Cc1nc(NN)c2cnn(C)c2n1. The number of nitrogens with zero attached hydrogens (tertiary/aromatic N) is 5. The van der Waals surface area contributed by atoms with Crippen molar-refractivity contribution in [1.82, 2.24) is 24.6 Å². The smallest absolute Gasteiger partial charge is 0.163 e. The molecule has 2 rings (SSSR count). The fourth-order valence-electron chi connectivity index (χ4n) is 2.49. The predicted octanol–water partition coefficient (Wildman–Crippen LogP) is 1.52. The summed E-state index contributed by atoms with van der Waals surface area (Å²) in [4.78, 5) is 11.4. The van der Waals surface area contributed by atoms with Crippen LogP contribution in [0.15, 0.2) is 6.20 Å². The normalized spacial score (nSPS) is 13.3. The molecule has 0 spiro atoms. The average Bonchev–Trinajstić information content (AvgIpc) is 2.79. The highest BCUT2D eigenvalue weighted by Crippen LogP contribution is 2.19. The number of hydrogen-bond donors (Lipinski definition) is 2. The highest BCUT2D eigenvalue weighted by Gasteiger charge is 2.15. The lowest BCUT2D eigenvalue weighted by Crippen LogP contribution is -2.30. The molecular weight excluding hydrogens is 266 g/mol. The Kier molecular flexibility index (Phi) is 4.74. The van der Waals surface area contributed by atoms with Crippen molar-refractivity contribution in [2.24, 2.45) is 18.8 Å². The van der Waals surface area contributed by atoms with E-state index in [2.05, 4.69) is 53.2 Å². The summed E-state index contributed by atoms with van der Waals surface area (Å²) in [5.41, 5.74) is 3.43. The number of nitrogen functional groups attached to an aromatic ring is 1. The van der Waals surface area contributed by atoms with E-state index in [1.807, 2.05) is 7.05 Å². The van der Waals surface area contributed by atoms with Crippen molar-refractivity contribution in [1.29, 1.82) is 0 Å². The van der Waals surface area contributed by atoms with E-state index in [0.29, 0.717) is 24.3 Å². The van der Waals surface area contributed by atoms with Gasteiger partial charge in [0, 0.05) is 13.1 Å². The number of anilines is 1. The van der Waals surface area contributed by atoms with Crippen LogP contribution in [0.1, 0.15) is 33.0 Å². The van der Waals surface area contributed by atoms with Crippen molar-refractivity contribution < 1.29 is 0 Å². The topological polar surface area (TPSA) is 84.9 Å². The molecule has 2 aromatic heterocycles. The fraction of sp³-hybridized carbons (Fsp3) is 0.643.